The molecule has 0 atom stereocenters. The number of benzene rings is 2. The molecule has 0 spiro atoms. The van der Waals surface area contributed by atoms with Crippen molar-refractivity contribution in [1.82, 2.24) is 0 Å². The van der Waals surface area contributed by atoms with E-state index in [-0.39, 0.29) is 0 Å². The van der Waals surface area contributed by atoms with Crippen LogP contribution in [0.4, 0.5) is 11.4 Å². The Balaban J connectivity index is 2.34. The van der Waals surface area contributed by atoms with E-state index >= 15 is 0 Å². The third-order valence-corrected chi connectivity index (χ3v) is 2.77. The lowest BCUT2D eigenvalue weighted by Crippen LogP contribution is -1.95. The van der Waals surface area contributed by atoms with Crippen LogP contribution in [0.3, 0.4) is 0 Å². The molecule has 0 unspecified atom stereocenters. The van der Waals surface area contributed by atoms with Gasteiger partial charge in [0.1, 0.15) is 0 Å². The van der Waals surface area contributed by atoms with E-state index in [1.165, 1.54) is 22.4 Å². The van der Waals surface area contributed by atoms with Crippen molar-refractivity contribution < 1.29 is 0 Å². The largest absolute Gasteiger partial charge is 0.355 e. The van der Waals surface area contributed by atoms with Crippen molar-refractivity contribution in [2.75, 3.05) is 5.32 Å². The fraction of sp³-hybridized carbons (Fsp3) is 0.200. The van der Waals surface area contributed by atoms with Crippen LogP contribution < -0.4 is 5.32 Å². The summed E-state index contributed by atoms with van der Waals surface area (Å²) >= 11 is 0. The predicted molar refractivity (Wildman–Crippen MR) is 70.4 cm³/mol. The first kappa shape index (κ1) is 10.7. The van der Waals surface area contributed by atoms with Gasteiger partial charge in [-0.25, -0.2) is 0 Å². The molecule has 2 aromatic rings. The average Bonchev–Trinajstić information content (AvgIpc) is 2.24. The van der Waals surface area contributed by atoms with Crippen LogP contribution in [0.1, 0.15) is 16.7 Å². The van der Waals surface area contributed by atoms with E-state index in [1.807, 2.05) is 0 Å². The van der Waals surface area contributed by atoms with Crippen molar-refractivity contribution in [2.45, 2.75) is 20.8 Å². The van der Waals surface area contributed by atoms with Crippen LogP contribution in [0.5, 0.6) is 0 Å². The standard InChI is InChI=1S/C15H17N/c1-11-6-4-9-14(10-11)16-15-12(2)7-5-8-13(15)3/h4-10,16H,1-3H3. The van der Waals surface area contributed by atoms with Crippen LogP contribution in [0.2, 0.25) is 0 Å². The third kappa shape index (κ3) is 2.25. The lowest BCUT2D eigenvalue weighted by atomic mass is 10.1. The Hall–Kier alpha value is -1.76. The molecule has 0 saturated heterocycles. The van der Waals surface area contributed by atoms with Crippen LogP contribution in [-0.4, -0.2) is 0 Å². The Morgan fingerprint density at radius 1 is 0.812 bits per heavy atom. The molecule has 0 fully saturated rings. The monoisotopic (exact) mass is 211 g/mol. The van der Waals surface area contributed by atoms with E-state index in [4.69, 9.17) is 0 Å². The normalized spacial score (nSPS) is 10.2. The van der Waals surface area contributed by atoms with Gasteiger partial charge in [-0.1, -0.05) is 30.3 Å². The molecule has 1 nitrogen and oxygen atoms in total. The van der Waals surface area contributed by atoms with Crippen molar-refractivity contribution in [3.8, 4) is 0 Å². The van der Waals surface area contributed by atoms with E-state index in [1.54, 1.807) is 0 Å². The quantitative estimate of drug-likeness (QED) is 0.778. The van der Waals surface area contributed by atoms with Gasteiger partial charge in [0.25, 0.3) is 0 Å². The molecule has 1 heteroatoms. The highest BCUT2D eigenvalue weighted by Gasteiger charge is 2.01. The van der Waals surface area contributed by atoms with Gasteiger partial charge < -0.3 is 5.32 Å². The molecule has 0 heterocycles. The molecule has 0 aromatic heterocycles. The SMILES string of the molecule is Cc1cccc(Nc2c(C)cccc2C)c1. The van der Waals surface area contributed by atoms with Gasteiger partial charge in [-0.2, -0.15) is 0 Å². The average molecular weight is 211 g/mol. The second-order valence-corrected chi connectivity index (χ2v) is 4.26. The van der Waals surface area contributed by atoms with E-state index in [0.717, 1.165) is 5.69 Å². The number of para-hydroxylation sites is 1. The summed E-state index contributed by atoms with van der Waals surface area (Å²) in [5, 5.41) is 3.48. The Bertz CT molecular complexity index is 480. The van der Waals surface area contributed by atoms with Crippen LogP contribution in [-0.2, 0) is 0 Å². The summed E-state index contributed by atoms with van der Waals surface area (Å²) in [4.78, 5) is 0. The molecule has 0 saturated carbocycles. The zero-order valence-electron chi connectivity index (χ0n) is 10.0. The van der Waals surface area contributed by atoms with Gasteiger partial charge in [-0.15, -0.1) is 0 Å². The van der Waals surface area contributed by atoms with Crippen LogP contribution in [0, 0.1) is 20.8 Å². The summed E-state index contributed by atoms with van der Waals surface area (Å²) in [7, 11) is 0. The van der Waals surface area contributed by atoms with Crippen molar-refractivity contribution in [2.24, 2.45) is 0 Å². The first-order valence-corrected chi connectivity index (χ1v) is 5.57. The molecular formula is C15H17N. The molecule has 0 amide bonds. The maximum Gasteiger partial charge on any atom is 0.0443 e. The van der Waals surface area contributed by atoms with Gasteiger partial charge in [0, 0.05) is 11.4 Å². The number of aryl methyl sites for hydroxylation is 3. The van der Waals surface area contributed by atoms with Gasteiger partial charge in [0.2, 0.25) is 0 Å². The maximum absolute atomic E-state index is 3.48. The van der Waals surface area contributed by atoms with Gasteiger partial charge >= 0.3 is 0 Å². The summed E-state index contributed by atoms with van der Waals surface area (Å²) in [6.07, 6.45) is 0. The number of nitrogens with one attached hydrogen (secondary N) is 1. The number of hydrogen-bond donors (Lipinski definition) is 1. The summed E-state index contributed by atoms with van der Waals surface area (Å²) in [5.41, 5.74) is 6.20. The summed E-state index contributed by atoms with van der Waals surface area (Å²) < 4.78 is 0. The molecular weight excluding hydrogens is 194 g/mol. The highest BCUT2D eigenvalue weighted by atomic mass is 14.9. The van der Waals surface area contributed by atoms with E-state index in [9.17, 15) is 0 Å². The van der Waals surface area contributed by atoms with Crippen molar-refractivity contribution >= 4 is 11.4 Å². The van der Waals surface area contributed by atoms with Crippen LogP contribution in [0.15, 0.2) is 42.5 Å². The lowest BCUT2D eigenvalue weighted by Gasteiger charge is -2.12. The molecule has 0 bridgehead atoms. The second-order valence-electron chi connectivity index (χ2n) is 4.26. The number of hydrogen-bond acceptors (Lipinski definition) is 1. The Morgan fingerprint density at radius 2 is 1.44 bits per heavy atom. The minimum absolute atomic E-state index is 1.15. The van der Waals surface area contributed by atoms with Crippen molar-refractivity contribution in [1.29, 1.82) is 0 Å². The molecule has 2 aromatic carbocycles. The van der Waals surface area contributed by atoms with Crippen LogP contribution in [0.25, 0.3) is 0 Å². The molecule has 16 heavy (non-hydrogen) atoms. The zero-order valence-corrected chi connectivity index (χ0v) is 10.0. The Morgan fingerprint density at radius 3 is 2.06 bits per heavy atom. The van der Waals surface area contributed by atoms with Crippen molar-refractivity contribution in [3.63, 3.8) is 0 Å². The summed E-state index contributed by atoms with van der Waals surface area (Å²) in [6.45, 7) is 6.37. The van der Waals surface area contributed by atoms with Crippen LogP contribution >= 0.6 is 0 Å². The van der Waals surface area contributed by atoms with E-state index in [2.05, 4.69) is 68.6 Å². The van der Waals surface area contributed by atoms with Crippen molar-refractivity contribution in [3.05, 3.63) is 59.2 Å². The highest BCUT2D eigenvalue weighted by Crippen LogP contribution is 2.24. The maximum atomic E-state index is 3.48. The van der Waals surface area contributed by atoms with E-state index < -0.39 is 0 Å². The molecule has 0 aliphatic heterocycles. The second kappa shape index (κ2) is 4.40. The van der Waals surface area contributed by atoms with Gasteiger partial charge in [0.15, 0.2) is 0 Å². The van der Waals surface area contributed by atoms with E-state index in [0.29, 0.717) is 0 Å². The van der Waals surface area contributed by atoms with Gasteiger partial charge in [-0.3, -0.25) is 0 Å². The molecule has 0 aliphatic carbocycles. The zero-order chi connectivity index (χ0) is 11.5. The first-order chi connectivity index (χ1) is 7.66. The summed E-state index contributed by atoms with van der Waals surface area (Å²) in [6, 6.07) is 14.8. The van der Waals surface area contributed by atoms with Gasteiger partial charge in [-0.05, 0) is 49.6 Å². The predicted octanol–water partition coefficient (Wildman–Crippen LogP) is 4.36. The molecule has 1 N–H and O–H groups in total. The Kier molecular flexibility index (Phi) is 2.95. The first-order valence-electron chi connectivity index (χ1n) is 5.57. The summed E-state index contributed by atoms with van der Waals surface area (Å²) in [5.74, 6) is 0. The number of rotatable bonds is 2. The fourth-order valence-electron chi connectivity index (χ4n) is 1.88. The molecule has 2 rings (SSSR count). The molecule has 82 valence electrons. The highest BCUT2D eigenvalue weighted by molar-refractivity contribution is 5.66. The minimum Gasteiger partial charge on any atom is -0.355 e. The number of anilines is 2. The topological polar surface area (TPSA) is 12.0 Å². The fourth-order valence-corrected chi connectivity index (χ4v) is 1.88. The molecule has 0 radical (unpaired) electrons. The third-order valence-electron chi connectivity index (χ3n) is 2.77. The minimum atomic E-state index is 1.15. The van der Waals surface area contributed by atoms with Gasteiger partial charge in [0.05, 0.1) is 0 Å². The Labute approximate surface area is 97.1 Å². The molecule has 0 aliphatic rings. The smallest absolute Gasteiger partial charge is 0.0443 e. The lowest BCUT2D eigenvalue weighted by molar-refractivity contribution is 1.35.